The van der Waals surface area contributed by atoms with E-state index in [1.807, 2.05) is 6.20 Å². The fourth-order valence-electron chi connectivity index (χ4n) is 2.41. The molecule has 3 rings (SSSR count). The zero-order valence-corrected chi connectivity index (χ0v) is 8.42. The van der Waals surface area contributed by atoms with E-state index in [0.717, 1.165) is 12.3 Å². The molecule has 0 spiro atoms. The zero-order chi connectivity index (χ0) is 9.38. The lowest BCUT2D eigenvalue weighted by atomic mass is 10.0. The summed E-state index contributed by atoms with van der Waals surface area (Å²) in [6, 6.07) is 0.688. The molecule has 1 aromatic rings. The van der Waals surface area contributed by atoms with Crippen LogP contribution in [0.15, 0.2) is 6.20 Å². The maximum absolute atomic E-state index is 4.17. The molecular formula is C11H17N3. The molecule has 3 heteroatoms. The van der Waals surface area contributed by atoms with Gasteiger partial charge in [-0.05, 0) is 43.7 Å². The van der Waals surface area contributed by atoms with E-state index in [4.69, 9.17) is 0 Å². The van der Waals surface area contributed by atoms with E-state index in [1.54, 1.807) is 0 Å². The number of hydrogen-bond donors (Lipinski definition) is 2. The summed E-state index contributed by atoms with van der Waals surface area (Å²) in [5.41, 5.74) is 2.87. The summed E-state index contributed by atoms with van der Waals surface area (Å²) >= 11 is 0. The van der Waals surface area contributed by atoms with Crippen molar-refractivity contribution >= 4 is 0 Å². The van der Waals surface area contributed by atoms with Gasteiger partial charge in [-0.25, -0.2) is 0 Å². The summed E-state index contributed by atoms with van der Waals surface area (Å²) in [6.45, 7) is 1.19. The van der Waals surface area contributed by atoms with Gasteiger partial charge in [-0.1, -0.05) is 0 Å². The Bertz CT molecular complexity index is 308. The van der Waals surface area contributed by atoms with Gasteiger partial charge in [-0.15, -0.1) is 0 Å². The van der Waals surface area contributed by atoms with Crippen LogP contribution in [-0.2, 0) is 6.42 Å². The van der Waals surface area contributed by atoms with Gasteiger partial charge in [0.2, 0.25) is 0 Å². The van der Waals surface area contributed by atoms with Gasteiger partial charge in [0.15, 0.2) is 0 Å². The van der Waals surface area contributed by atoms with E-state index in [0.29, 0.717) is 6.04 Å². The first-order valence-electron chi connectivity index (χ1n) is 5.69. The van der Waals surface area contributed by atoms with Gasteiger partial charge in [-0.3, -0.25) is 5.10 Å². The molecule has 0 bridgehead atoms. The smallest absolute Gasteiger partial charge is 0.0524 e. The third-order valence-corrected chi connectivity index (χ3v) is 3.38. The molecular weight excluding hydrogens is 174 g/mol. The zero-order valence-electron chi connectivity index (χ0n) is 8.42. The van der Waals surface area contributed by atoms with Crippen molar-refractivity contribution < 1.29 is 0 Å². The monoisotopic (exact) mass is 191 g/mol. The molecule has 2 heterocycles. The molecule has 2 aliphatic rings. The number of aromatic amines is 1. The maximum atomic E-state index is 4.17. The summed E-state index contributed by atoms with van der Waals surface area (Å²) in [6.07, 6.45) is 8.56. The minimum Gasteiger partial charge on any atom is -0.314 e. The molecule has 2 N–H and O–H groups in total. The largest absolute Gasteiger partial charge is 0.314 e. The van der Waals surface area contributed by atoms with Crippen LogP contribution in [0.5, 0.6) is 0 Å². The second kappa shape index (κ2) is 3.39. The normalized spacial score (nSPS) is 27.0. The quantitative estimate of drug-likeness (QED) is 0.761. The van der Waals surface area contributed by atoms with Crippen molar-refractivity contribution in [3.05, 3.63) is 17.5 Å². The van der Waals surface area contributed by atoms with Crippen LogP contribution in [0.2, 0.25) is 0 Å². The average Bonchev–Trinajstić information content (AvgIpc) is 2.74. The number of rotatable bonds is 3. The molecule has 1 saturated carbocycles. The van der Waals surface area contributed by atoms with Crippen LogP contribution in [0.1, 0.15) is 42.9 Å². The number of nitrogens with zero attached hydrogens (tertiary/aromatic N) is 1. The maximum Gasteiger partial charge on any atom is 0.0524 e. The Hall–Kier alpha value is -0.830. The highest BCUT2D eigenvalue weighted by Gasteiger charge is 2.28. The molecule has 1 saturated heterocycles. The highest BCUT2D eigenvalue weighted by Crippen LogP contribution is 2.41. The van der Waals surface area contributed by atoms with Gasteiger partial charge >= 0.3 is 0 Å². The minimum absolute atomic E-state index is 0.688. The standard InChI is InChI=1S/C11H17N3/c1-2-9(12-5-1)6-11-10(7-13-14-11)8-3-4-8/h7-9,12H,1-6H2,(H,13,14). The highest BCUT2D eigenvalue weighted by molar-refractivity contribution is 5.26. The molecule has 1 unspecified atom stereocenters. The van der Waals surface area contributed by atoms with Gasteiger partial charge in [0.25, 0.3) is 0 Å². The Morgan fingerprint density at radius 2 is 2.29 bits per heavy atom. The van der Waals surface area contributed by atoms with Crippen LogP contribution in [0.3, 0.4) is 0 Å². The second-order valence-corrected chi connectivity index (χ2v) is 4.58. The van der Waals surface area contributed by atoms with Gasteiger partial charge in [0, 0.05) is 18.2 Å². The molecule has 0 aromatic carbocycles. The van der Waals surface area contributed by atoms with Crippen molar-refractivity contribution in [1.82, 2.24) is 15.5 Å². The molecule has 14 heavy (non-hydrogen) atoms. The van der Waals surface area contributed by atoms with Crippen LogP contribution in [0, 0.1) is 0 Å². The Balaban J connectivity index is 1.71. The van der Waals surface area contributed by atoms with Gasteiger partial charge in [0.1, 0.15) is 0 Å². The van der Waals surface area contributed by atoms with Gasteiger partial charge in [-0.2, -0.15) is 5.10 Å². The van der Waals surface area contributed by atoms with Crippen molar-refractivity contribution in [2.45, 2.75) is 44.1 Å². The van der Waals surface area contributed by atoms with Crippen LogP contribution in [0.4, 0.5) is 0 Å². The van der Waals surface area contributed by atoms with E-state index >= 15 is 0 Å². The summed E-state index contributed by atoms with van der Waals surface area (Å²) in [4.78, 5) is 0. The van der Waals surface area contributed by atoms with Crippen molar-refractivity contribution in [2.75, 3.05) is 6.54 Å². The van der Waals surface area contributed by atoms with Gasteiger partial charge < -0.3 is 5.32 Å². The number of aromatic nitrogens is 2. The first-order chi connectivity index (χ1) is 6.93. The molecule has 1 aromatic heterocycles. The van der Waals surface area contributed by atoms with Crippen LogP contribution < -0.4 is 5.32 Å². The van der Waals surface area contributed by atoms with Crippen molar-refractivity contribution in [2.24, 2.45) is 0 Å². The number of hydrogen-bond acceptors (Lipinski definition) is 2. The number of H-pyrrole nitrogens is 1. The summed E-state index contributed by atoms with van der Waals surface area (Å²) in [7, 11) is 0. The van der Waals surface area contributed by atoms with Gasteiger partial charge in [0.05, 0.1) is 6.20 Å². The van der Waals surface area contributed by atoms with Crippen LogP contribution in [0.25, 0.3) is 0 Å². The molecule has 0 amide bonds. The lowest BCUT2D eigenvalue weighted by Gasteiger charge is -2.09. The molecule has 1 atom stereocenters. The van der Waals surface area contributed by atoms with Crippen molar-refractivity contribution in [3.63, 3.8) is 0 Å². The topological polar surface area (TPSA) is 40.7 Å². The Labute approximate surface area is 84.3 Å². The molecule has 76 valence electrons. The van der Waals surface area contributed by atoms with E-state index in [9.17, 15) is 0 Å². The summed E-state index contributed by atoms with van der Waals surface area (Å²) < 4.78 is 0. The van der Waals surface area contributed by atoms with Crippen molar-refractivity contribution in [1.29, 1.82) is 0 Å². The fraction of sp³-hybridized carbons (Fsp3) is 0.727. The lowest BCUT2D eigenvalue weighted by Crippen LogP contribution is -2.24. The molecule has 2 fully saturated rings. The highest BCUT2D eigenvalue weighted by atomic mass is 15.1. The molecule has 0 radical (unpaired) electrons. The Kier molecular flexibility index (Phi) is 2.05. The third-order valence-electron chi connectivity index (χ3n) is 3.38. The van der Waals surface area contributed by atoms with E-state index in [1.165, 1.54) is 43.5 Å². The third kappa shape index (κ3) is 1.57. The average molecular weight is 191 g/mol. The number of nitrogens with one attached hydrogen (secondary N) is 2. The van der Waals surface area contributed by atoms with Crippen LogP contribution >= 0.6 is 0 Å². The first kappa shape index (κ1) is 8.48. The summed E-state index contributed by atoms with van der Waals surface area (Å²) in [5.74, 6) is 0.824. The minimum atomic E-state index is 0.688. The van der Waals surface area contributed by atoms with E-state index < -0.39 is 0 Å². The Morgan fingerprint density at radius 3 is 3.00 bits per heavy atom. The van der Waals surface area contributed by atoms with Crippen molar-refractivity contribution in [3.8, 4) is 0 Å². The summed E-state index contributed by atoms with van der Waals surface area (Å²) in [5, 5.41) is 10.9. The van der Waals surface area contributed by atoms with E-state index in [-0.39, 0.29) is 0 Å². The molecule has 1 aliphatic carbocycles. The Morgan fingerprint density at radius 1 is 1.36 bits per heavy atom. The van der Waals surface area contributed by atoms with E-state index in [2.05, 4.69) is 15.5 Å². The fourth-order valence-corrected chi connectivity index (χ4v) is 2.41. The molecule has 3 nitrogen and oxygen atoms in total. The lowest BCUT2D eigenvalue weighted by molar-refractivity contribution is 0.591. The second-order valence-electron chi connectivity index (χ2n) is 4.58. The first-order valence-corrected chi connectivity index (χ1v) is 5.69. The SMILES string of the molecule is c1n[nH]c(CC2CCCN2)c1C1CC1. The molecule has 1 aliphatic heterocycles. The van der Waals surface area contributed by atoms with Crippen LogP contribution in [-0.4, -0.2) is 22.8 Å². The predicted octanol–water partition coefficient (Wildman–Crippen LogP) is 1.58. The predicted molar refractivity (Wildman–Crippen MR) is 55.3 cm³/mol.